The number of amides is 1. The number of halogens is 6. The molecule has 0 aliphatic heterocycles. The van der Waals surface area contributed by atoms with E-state index in [-0.39, 0.29) is 16.0 Å². The molecule has 3 aromatic rings. The van der Waals surface area contributed by atoms with Crippen molar-refractivity contribution in [3.8, 4) is 11.1 Å². The number of carbonyl (C=O) groups is 1. The second-order valence-electron chi connectivity index (χ2n) is 5.64. The summed E-state index contributed by atoms with van der Waals surface area (Å²) in [6.07, 6.45) is -5.00. The predicted molar refractivity (Wildman–Crippen MR) is 95.8 cm³/mol. The normalized spacial score (nSPS) is 11.5. The van der Waals surface area contributed by atoms with E-state index < -0.39 is 29.3 Å². The van der Waals surface area contributed by atoms with Gasteiger partial charge in [-0.25, -0.2) is 9.67 Å². The van der Waals surface area contributed by atoms with Crippen LogP contribution in [0.3, 0.4) is 0 Å². The second-order valence-corrected chi connectivity index (χ2v) is 6.41. The minimum Gasteiger partial charge on any atom is -0.321 e. The first kappa shape index (κ1) is 20.1. The summed E-state index contributed by atoms with van der Waals surface area (Å²) < 4.78 is 53.8. The Balaban J connectivity index is 2.04. The molecule has 2 aromatic heterocycles. The quantitative estimate of drug-likeness (QED) is 0.457. The zero-order valence-corrected chi connectivity index (χ0v) is 15.5. The molecule has 0 saturated carbocycles. The minimum absolute atomic E-state index is 0.0845. The molecule has 11 heteroatoms. The van der Waals surface area contributed by atoms with E-state index in [0.29, 0.717) is 15.8 Å². The van der Waals surface area contributed by atoms with Gasteiger partial charge >= 0.3 is 6.18 Å². The van der Waals surface area contributed by atoms with Gasteiger partial charge in [-0.15, -0.1) is 0 Å². The molecule has 1 amide bonds. The van der Waals surface area contributed by atoms with E-state index in [1.54, 1.807) is 18.2 Å². The molecule has 5 nitrogen and oxygen atoms in total. The summed E-state index contributed by atoms with van der Waals surface area (Å²) in [7, 11) is 0.969. The lowest BCUT2D eigenvalue weighted by Gasteiger charge is -2.12. The largest absolute Gasteiger partial charge is 0.436 e. The zero-order chi connectivity index (χ0) is 20.6. The number of nitrogens with zero attached hydrogens (tertiary/aromatic N) is 3. The monoisotopic (exact) mass is 432 g/mol. The third-order valence-corrected chi connectivity index (χ3v) is 4.11. The third-order valence-electron chi connectivity index (χ3n) is 3.72. The van der Waals surface area contributed by atoms with Crippen LogP contribution in [0.5, 0.6) is 0 Å². The first-order valence-electron chi connectivity index (χ1n) is 7.61. The highest BCUT2D eigenvalue weighted by atomic mass is 35.5. The van der Waals surface area contributed by atoms with Gasteiger partial charge in [0, 0.05) is 18.3 Å². The fourth-order valence-electron chi connectivity index (χ4n) is 2.55. The van der Waals surface area contributed by atoms with E-state index >= 15 is 0 Å². The molecule has 0 atom stereocenters. The highest BCUT2D eigenvalue weighted by Crippen LogP contribution is 2.34. The summed E-state index contributed by atoms with van der Waals surface area (Å²) in [6.45, 7) is 0. The lowest BCUT2D eigenvalue weighted by atomic mass is 10.0. The summed E-state index contributed by atoms with van der Waals surface area (Å²) in [6, 6.07) is 9.14. The fourth-order valence-corrected chi connectivity index (χ4v) is 3.01. The molecule has 1 N–H and O–H groups in total. The minimum atomic E-state index is -5.00. The topological polar surface area (TPSA) is 59.8 Å². The predicted octanol–water partition coefficient (Wildman–Crippen LogP) is 5.20. The van der Waals surface area contributed by atoms with Crippen LogP contribution in [0.2, 0.25) is 10.3 Å². The molecule has 0 aliphatic rings. The number of alkyl halides is 3. The Morgan fingerprint density at radius 1 is 1.14 bits per heavy atom. The van der Waals surface area contributed by atoms with Gasteiger partial charge in [0.15, 0.2) is 5.69 Å². The summed E-state index contributed by atoms with van der Waals surface area (Å²) in [4.78, 5) is 16.3. The van der Waals surface area contributed by atoms with E-state index in [4.69, 9.17) is 23.2 Å². The summed E-state index contributed by atoms with van der Waals surface area (Å²) in [5.41, 5.74) is -1.82. The van der Waals surface area contributed by atoms with Crippen LogP contribution in [-0.2, 0) is 13.2 Å². The van der Waals surface area contributed by atoms with Gasteiger partial charge in [-0.2, -0.15) is 22.7 Å². The fraction of sp³-hybridized carbons (Fsp3) is 0.118. The highest BCUT2D eigenvalue weighted by Gasteiger charge is 2.41. The zero-order valence-electron chi connectivity index (χ0n) is 14.0. The Bertz CT molecular complexity index is 1050. The summed E-state index contributed by atoms with van der Waals surface area (Å²) in [5, 5.41) is 5.52. The van der Waals surface area contributed by atoms with Gasteiger partial charge in [-0.1, -0.05) is 41.4 Å². The first-order valence-corrected chi connectivity index (χ1v) is 8.37. The van der Waals surface area contributed by atoms with Crippen LogP contribution in [0.15, 0.2) is 36.4 Å². The first-order chi connectivity index (χ1) is 13.1. The van der Waals surface area contributed by atoms with Crippen molar-refractivity contribution in [3.63, 3.8) is 0 Å². The molecule has 0 aliphatic carbocycles. The third kappa shape index (κ3) is 3.95. The average molecular weight is 433 g/mol. The maximum absolute atomic E-state index is 14.1. The number of benzene rings is 1. The smallest absolute Gasteiger partial charge is 0.321 e. The van der Waals surface area contributed by atoms with E-state index in [1.165, 1.54) is 18.2 Å². The SMILES string of the molecule is Cn1nc(C(F)(F)F)c(C(=O)Nc2ccccc2-c2cc(Cl)nc(Cl)c2)c1F. The van der Waals surface area contributed by atoms with Crippen LogP contribution >= 0.6 is 23.2 Å². The molecule has 0 unspecified atom stereocenters. The van der Waals surface area contributed by atoms with Gasteiger partial charge in [0.1, 0.15) is 15.9 Å². The number of anilines is 1. The highest BCUT2D eigenvalue weighted by molar-refractivity contribution is 6.33. The molecule has 0 saturated heterocycles. The van der Waals surface area contributed by atoms with Crippen molar-refractivity contribution in [1.82, 2.24) is 14.8 Å². The Labute approximate surface area is 165 Å². The molecular formula is C17H10Cl2F4N4O. The molecule has 146 valence electrons. The number of rotatable bonds is 3. The standard InChI is InChI=1S/C17H10Cl2F4N4O/c1-27-15(20)13(14(26-27)17(21,22)23)16(28)24-10-5-3-2-4-9(10)8-6-11(18)25-12(19)7-8/h2-7H,1H3,(H,24,28). The molecule has 1 aromatic carbocycles. The molecule has 0 fully saturated rings. The van der Waals surface area contributed by atoms with Gasteiger partial charge in [-0.3, -0.25) is 4.79 Å². The molecule has 0 radical (unpaired) electrons. The molecule has 2 heterocycles. The van der Waals surface area contributed by atoms with Crippen LogP contribution in [0.25, 0.3) is 11.1 Å². The number of nitrogens with one attached hydrogen (secondary N) is 1. The number of aromatic nitrogens is 3. The van der Waals surface area contributed by atoms with Crippen molar-refractivity contribution in [3.05, 3.63) is 63.9 Å². The lowest BCUT2D eigenvalue weighted by molar-refractivity contribution is -0.141. The Hall–Kier alpha value is -2.65. The van der Waals surface area contributed by atoms with Crippen LogP contribution in [0.1, 0.15) is 16.1 Å². The number of carbonyl (C=O) groups excluding carboxylic acids is 1. The van der Waals surface area contributed by atoms with Crippen molar-refractivity contribution in [1.29, 1.82) is 0 Å². The van der Waals surface area contributed by atoms with Crippen LogP contribution < -0.4 is 5.32 Å². The van der Waals surface area contributed by atoms with Crippen molar-refractivity contribution in [2.75, 3.05) is 5.32 Å². The van der Waals surface area contributed by atoms with Gasteiger partial charge in [-0.05, 0) is 23.8 Å². The van der Waals surface area contributed by atoms with Crippen LogP contribution in [-0.4, -0.2) is 20.7 Å². The van der Waals surface area contributed by atoms with E-state index in [0.717, 1.165) is 7.05 Å². The van der Waals surface area contributed by atoms with Gasteiger partial charge in [0.05, 0.1) is 0 Å². The maximum atomic E-state index is 14.1. The van der Waals surface area contributed by atoms with E-state index in [9.17, 15) is 22.4 Å². The molecular weight excluding hydrogens is 423 g/mol. The van der Waals surface area contributed by atoms with Crippen molar-refractivity contribution in [2.45, 2.75) is 6.18 Å². The summed E-state index contributed by atoms with van der Waals surface area (Å²) >= 11 is 11.8. The molecule has 0 bridgehead atoms. The van der Waals surface area contributed by atoms with Gasteiger partial charge < -0.3 is 5.32 Å². The summed E-state index contributed by atoms with van der Waals surface area (Å²) in [5.74, 6) is -2.70. The number of pyridine rings is 1. The number of hydrogen-bond donors (Lipinski definition) is 1. The number of hydrogen-bond acceptors (Lipinski definition) is 3. The Morgan fingerprint density at radius 3 is 2.36 bits per heavy atom. The van der Waals surface area contributed by atoms with Crippen LogP contribution in [0, 0.1) is 5.95 Å². The number of aryl methyl sites for hydroxylation is 1. The molecule has 28 heavy (non-hydrogen) atoms. The van der Waals surface area contributed by atoms with Gasteiger partial charge in [0.2, 0.25) is 5.95 Å². The van der Waals surface area contributed by atoms with E-state index in [1.807, 2.05) is 0 Å². The average Bonchev–Trinajstić information content (AvgIpc) is 2.90. The second kappa shape index (κ2) is 7.40. The van der Waals surface area contributed by atoms with E-state index in [2.05, 4.69) is 15.4 Å². The number of para-hydroxylation sites is 1. The Morgan fingerprint density at radius 2 is 1.75 bits per heavy atom. The van der Waals surface area contributed by atoms with Crippen molar-refractivity contribution < 1.29 is 22.4 Å². The maximum Gasteiger partial charge on any atom is 0.436 e. The lowest BCUT2D eigenvalue weighted by Crippen LogP contribution is -2.19. The van der Waals surface area contributed by atoms with Crippen molar-refractivity contribution in [2.24, 2.45) is 7.05 Å². The van der Waals surface area contributed by atoms with Crippen molar-refractivity contribution >= 4 is 34.8 Å². The Kier molecular flexibility index (Phi) is 5.31. The van der Waals surface area contributed by atoms with Gasteiger partial charge in [0.25, 0.3) is 5.91 Å². The van der Waals surface area contributed by atoms with Crippen LogP contribution in [0.4, 0.5) is 23.2 Å². The molecule has 0 spiro atoms. The molecule has 3 rings (SSSR count).